The Morgan fingerprint density at radius 2 is 1.73 bits per heavy atom. The highest BCUT2D eigenvalue weighted by Crippen LogP contribution is 2.25. The lowest BCUT2D eigenvalue weighted by Gasteiger charge is -2.48. The van der Waals surface area contributed by atoms with E-state index in [9.17, 15) is 4.79 Å². The number of piperidine rings is 1. The molecular formula is C18H35N3O. The molecule has 0 saturated carbocycles. The van der Waals surface area contributed by atoms with Gasteiger partial charge < -0.3 is 4.90 Å². The van der Waals surface area contributed by atoms with Crippen LogP contribution >= 0.6 is 0 Å². The zero-order chi connectivity index (χ0) is 16.5. The molecule has 0 radical (unpaired) electrons. The molecule has 1 amide bonds. The minimum Gasteiger partial charge on any atom is -0.341 e. The van der Waals surface area contributed by atoms with Crippen LogP contribution in [0.2, 0.25) is 0 Å². The van der Waals surface area contributed by atoms with Crippen molar-refractivity contribution in [1.82, 2.24) is 14.7 Å². The van der Waals surface area contributed by atoms with Gasteiger partial charge in [-0.3, -0.25) is 14.6 Å². The fourth-order valence-corrected chi connectivity index (χ4v) is 4.26. The number of nitrogens with zero attached hydrogens (tertiary/aromatic N) is 3. The second kappa shape index (κ2) is 6.88. The van der Waals surface area contributed by atoms with Gasteiger partial charge in [0.25, 0.3) is 0 Å². The van der Waals surface area contributed by atoms with Crippen molar-refractivity contribution in [2.45, 2.75) is 72.5 Å². The minimum absolute atomic E-state index is 0.111. The highest BCUT2D eigenvalue weighted by Gasteiger charge is 2.38. The first kappa shape index (κ1) is 17.7. The monoisotopic (exact) mass is 309 g/mol. The first-order valence-corrected chi connectivity index (χ1v) is 9.01. The van der Waals surface area contributed by atoms with Gasteiger partial charge >= 0.3 is 0 Å². The lowest BCUT2D eigenvalue weighted by atomic mass is 9.93. The topological polar surface area (TPSA) is 26.8 Å². The maximum absolute atomic E-state index is 12.9. The summed E-state index contributed by atoms with van der Waals surface area (Å²) in [5.41, 5.74) is 0.180. The van der Waals surface area contributed by atoms with Gasteiger partial charge in [0.2, 0.25) is 5.91 Å². The quantitative estimate of drug-likeness (QED) is 0.801. The van der Waals surface area contributed by atoms with Gasteiger partial charge in [-0.25, -0.2) is 0 Å². The standard InChI is InChI=1S/C18H35N3O/c1-7-21-14(2)11-20(12-15(21)3)16-9-8-10-19(17(16)22)13-18(4,5)6/h14-16H,7-13H2,1-6H3/t14-,15+,16?. The van der Waals surface area contributed by atoms with E-state index >= 15 is 0 Å². The highest BCUT2D eigenvalue weighted by atomic mass is 16.2. The number of piperazine rings is 1. The third-order valence-electron chi connectivity index (χ3n) is 5.10. The van der Waals surface area contributed by atoms with Crippen LogP contribution in [-0.2, 0) is 4.79 Å². The first-order chi connectivity index (χ1) is 10.2. The summed E-state index contributed by atoms with van der Waals surface area (Å²) in [5.74, 6) is 0.366. The van der Waals surface area contributed by atoms with Crippen molar-refractivity contribution in [3.63, 3.8) is 0 Å². The van der Waals surface area contributed by atoms with Gasteiger partial charge in [-0.15, -0.1) is 0 Å². The number of hydrogen-bond donors (Lipinski definition) is 0. The molecule has 2 rings (SSSR count). The molecule has 2 aliphatic heterocycles. The maximum Gasteiger partial charge on any atom is 0.239 e. The second-order valence-electron chi connectivity index (χ2n) is 8.46. The molecule has 2 heterocycles. The van der Waals surface area contributed by atoms with E-state index < -0.39 is 0 Å². The van der Waals surface area contributed by atoms with Crippen LogP contribution < -0.4 is 0 Å². The van der Waals surface area contributed by atoms with E-state index in [-0.39, 0.29) is 11.5 Å². The molecule has 3 atom stereocenters. The van der Waals surface area contributed by atoms with Gasteiger partial charge in [-0.1, -0.05) is 27.7 Å². The van der Waals surface area contributed by atoms with Gasteiger partial charge in [0, 0.05) is 38.3 Å². The number of rotatable bonds is 3. The van der Waals surface area contributed by atoms with Gasteiger partial charge in [0.1, 0.15) is 0 Å². The summed E-state index contributed by atoms with van der Waals surface area (Å²) in [4.78, 5) is 20.1. The average Bonchev–Trinajstić information content (AvgIpc) is 2.39. The summed E-state index contributed by atoms with van der Waals surface area (Å²) in [6, 6.07) is 1.19. The van der Waals surface area contributed by atoms with Crippen molar-refractivity contribution >= 4 is 5.91 Å². The number of hydrogen-bond acceptors (Lipinski definition) is 3. The number of carbonyl (C=O) groups excluding carboxylic acids is 1. The number of carbonyl (C=O) groups is 1. The van der Waals surface area contributed by atoms with E-state index in [4.69, 9.17) is 0 Å². The Kier molecular flexibility index (Phi) is 5.54. The molecule has 1 unspecified atom stereocenters. The fraction of sp³-hybridized carbons (Fsp3) is 0.944. The lowest BCUT2D eigenvalue weighted by molar-refractivity contribution is -0.143. The predicted molar refractivity (Wildman–Crippen MR) is 91.9 cm³/mol. The molecule has 0 aromatic carbocycles. The number of likely N-dealkylation sites (tertiary alicyclic amines) is 1. The van der Waals surface area contributed by atoms with Crippen molar-refractivity contribution in [3.05, 3.63) is 0 Å². The molecule has 128 valence electrons. The Labute approximate surface area is 136 Å². The molecule has 4 heteroatoms. The van der Waals surface area contributed by atoms with Crippen molar-refractivity contribution in [3.8, 4) is 0 Å². The smallest absolute Gasteiger partial charge is 0.239 e. The fourth-order valence-electron chi connectivity index (χ4n) is 4.26. The van der Waals surface area contributed by atoms with Crippen molar-refractivity contribution in [2.75, 3.05) is 32.7 Å². The van der Waals surface area contributed by atoms with Gasteiger partial charge in [-0.2, -0.15) is 0 Å². The zero-order valence-electron chi connectivity index (χ0n) is 15.4. The summed E-state index contributed by atoms with van der Waals surface area (Å²) < 4.78 is 0. The Bertz CT molecular complexity index is 378. The zero-order valence-corrected chi connectivity index (χ0v) is 15.4. The van der Waals surface area contributed by atoms with Crippen LogP contribution in [0.5, 0.6) is 0 Å². The molecule has 22 heavy (non-hydrogen) atoms. The van der Waals surface area contributed by atoms with E-state index in [1.807, 2.05) is 0 Å². The van der Waals surface area contributed by atoms with Crippen molar-refractivity contribution in [1.29, 1.82) is 0 Å². The molecule has 0 aromatic rings. The van der Waals surface area contributed by atoms with Crippen LogP contribution in [0.4, 0.5) is 0 Å². The van der Waals surface area contributed by atoms with Crippen LogP contribution in [0.1, 0.15) is 54.4 Å². The summed E-state index contributed by atoms with van der Waals surface area (Å²) in [5, 5.41) is 0. The molecular weight excluding hydrogens is 274 g/mol. The molecule has 4 nitrogen and oxygen atoms in total. The normalized spacial score (nSPS) is 32.5. The van der Waals surface area contributed by atoms with E-state index in [1.54, 1.807) is 0 Å². The van der Waals surface area contributed by atoms with Crippen LogP contribution in [-0.4, -0.2) is 71.5 Å². The van der Waals surface area contributed by atoms with Crippen LogP contribution in [0.3, 0.4) is 0 Å². The molecule has 2 saturated heterocycles. The van der Waals surface area contributed by atoms with E-state index in [2.05, 4.69) is 56.2 Å². The van der Waals surface area contributed by atoms with Crippen LogP contribution in [0.25, 0.3) is 0 Å². The molecule has 0 aliphatic carbocycles. The predicted octanol–water partition coefficient (Wildman–Crippen LogP) is 2.44. The third kappa shape index (κ3) is 4.02. The highest BCUT2D eigenvalue weighted by molar-refractivity contribution is 5.82. The lowest BCUT2D eigenvalue weighted by Crippen LogP contribution is -2.63. The Hall–Kier alpha value is -0.610. The molecule has 0 bridgehead atoms. The second-order valence-corrected chi connectivity index (χ2v) is 8.46. The van der Waals surface area contributed by atoms with Crippen LogP contribution in [0.15, 0.2) is 0 Å². The molecule has 2 aliphatic rings. The van der Waals surface area contributed by atoms with Crippen LogP contribution in [0, 0.1) is 5.41 Å². The van der Waals surface area contributed by atoms with Gasteiger partial charge in [0.15, 0.2) is 0 Å². The number of amides is 1. The van der Waals surface area contributed by atoms with Crippen molar-refractivity contribution in [2.24, 2.45) is 5.41 Å². The van der Waals surface area contributed by atoms with E-state index in [1.165, 1.54) is 0 Å². The molecule has 0 spiro atoms. The Morgan fingerprint density at radius 3 is 2.23 bits per heavy atom. The van der Waals surface area contributed by atoms with Gasteiger partial charge in [-0.05, 0) is 38.6 Å². The molecule has 2 fully saturated rings. The van der Waals surface area contributed by atoms with Crippen molar-refractivity contribution < 1.29 is 4.79 Å². The van der Waals surface area contributed by atoms with Gasteiger partial charge in [0.05, 0.1) is 6.04 Å². The number of likely N-dealkylation sites (N-methyl/N-ethyl adjacent to an activating group) is 1. The Morgan fingerprint density at radius 1 is 1.14 bits per heavy atom. The maximum atomic E-state index is 12.9. The molecule has 0 N–H and O–H groups in total. The first-order valence-electron chi connectivity index (χ1n) is 9.01. The largest absolute Gasteiger partial charge is 0.341 e. The van der Waals surface area contributed by atoms with E-state index in [0.717, 1.165) is 45.6 Å². The summed E-state index contributed by atoms with van der Waals surface area (Å²) >= 11 is 0. The summed E-state index contributed by atoms with van der Waals surface area (Å²) in [6.45, 7) is 18.4. The summed E-state index contributed by atoms with van der Waals surface area (Å²) in [6.07, 6.45) is 2.17. The van der Waals surface area contributed by atoms with E-state index in [0.29, 0.717) is 18.0 Å². The molecule has 0 aromatic heterocycles. The average molecular weight is 309 g/mol. The SMILES string of the molecule is CCN1[C@H](C)CN(C2CCCN(CC(C)(C)C)C2=O)C[C@@H]1C. The minimum atomic E-state index is 0.111. The summed E-state index contributed by atoms with van der Waals surface area (Å²) in [7, 11) is 0. The third-order valence-corrected chi connectivity index (χ3v) is 5.10. The Balaban J connectivity index is 2.04.